The highest BCUT2D eigenvalue weighted by Gasteiger charge is 2.12. The molecule has 2 aromatic carbocycles. The molecule has 2 rings (SSSR count). The maximum absolute atomic E-state index is 11.9. The molecule has 0 spiro atoms. The summed E-state index contributed by atoms with van der Waals surface area (Å²) in [7, 11) is 0. The average molecular weight is 255 g/mol. The summed E-state index contributed by atoms with van der Waals surface area (Å²) in [5, 5.41) is 8.55. The fourth-order valence-electron chi connectivity index (χ4n) is 1.80. The Morgan fingerprint density at radius 2 is 1.84 bits per heavy atom. The summed E-state index contributed by atoms with van der Waals surface area (Å²) in [5.41, 5.74) is 0.445. The van der Waals surface area contributed by atoms with Gasteiger partial charge in [-0.1, -0.05) is 36.4 Å². The average Bonchev–Trinajstić information content (AvgIpc) is 2.44. The van der Waals surface area contributed by atoms with Gasteiger partial charge in [-0.05, 0) is 16.8 Å². The van der Waals surface area contributed by atoms with E-state index in [-0.39, 0.29) is 18.8 Å². The Labute approximate surface area is 110 Å². The molecule has 0 saturated carbocycles. The van der Waals surface area contributed by atoms with Gasteiger partial charge < -0.3 is 10.1 Å². The molecule has 0 fully saturated rings. The molecule has 0 heterocycles. The molecule has 4 nitrogen and oxygen atoms in total. The topological polar surface area (TPSA) is 67.2 Å². The third-order valence-corrected chi connectivity index (χ3v) is 2.70. The number of hydrogen-bond acceptors (Lipinski definition) is 4. The van der Waals surface area contributed by atoms with E-state index in [9.17, 15) is 9.59 Å². The minimum atomic E-state index is -0.518. The van der Waals surface area contributed by atoms with E-state index in [1.165, 1.54) is 0 Å². The van der Waals surface area contributed by atoms with E-state index in [0.717, 1.165) is 17.0 Å². The lowest BCUT2D eigenvalue weighted by Crippen LogP contribution is -2.14. The Hall–Kier alpha value is -2.49. The van der Waals surface area contributed by atoms with Crippen molar-refractivity contribution in [1.29, 1.82) is 5.41 Å². The fourth-order valence-corrected chi connectivity index (χ4v) is 1.80. The summed E-state index contributed by atoms with van der Waals surface area (Å²) < 4.78 is 4.96. The van der Waals surface area contributed by atoms with E-state index in [1.807, 2.05) is 30.3 Å². The van der Waals surface area contributed by atoms with Crippen LogP contribution in [0.3, 0.4) is 0 Å². The van der Waals surface area contributed by atoms with Gasteiger partial charge in [0.2, 0.25) is 0 Å². The van der Waals surface area contributed by atoms with E-state index in [2.05, 4.69) is 0 Å². The zero-order valence-electron chi connectivity index (χ0n) is 10.3. The number of nitrogens with one attached hydrogen (secondary N) is 1. The predicted octanol–water partition coefficient (Wildman–Crippen LogP) is 2.61. The number of rotatable bonds is 5. The molecule has 0 aromatic heterocycles. The lowest BCUT2D eigenvalue weighted by molar-refractivity contribution is -0.120. The van der Waals surface area contributed by atoms with Gasteiger partial charge in [-0.2, -0.15) is 0 Å². The normalized spacial score (nSPS) is 10.1. The van der Waals surface area contributed by atoms with Crippen LogP contribution in [0.4, 0.5) is 0 Å². The van der Waals surface area contributed by atoms with Crippen molar-refractivity contribution in [2.75, 3.05) is 6.61 Å². The summed E-state index contributed by atoms with van der Waals surface area (Å²) in [6, 6.07) is 12.8. The van der Waals surface area contributed by atoms with Crippen LogP contribution in [0.1, 0.15) is 16.8 Å². The Kier molecular flexibility index (Phi) is 4.03. The molecular weight excluding hydrogens is 242 g/mol. The zero-order chi connectivity index (χ0) is 13.7. The number of fused-ring (bicyclic) bond motifs is 1. The first-order valence-electron chi connectivity index (χ1n) is 5.88. The third-order valence-electron chi connectivity index (χ3n) is 2.70. The Bertz CT molecular complexity index is 629. The standard InChI is InChI=1S/C15H13NO3/c16-9-8-12(17)10-19-15(18)14-7-3-5-11-4-1-2-6-13(11)14/h1-7,9,16H,8,10H2. The van der Waals surface area contributed by atoms with Crippen LogP contribution in [0, 0.1) is 5.41 Å². The van der Waals surface area contributed by atoms with Crippen LogP contribution in [-0.4, -0.2) is 24.6 Å². The zero-order valence-corrected chi connectivity index (χ0v) is 10.3. The number of ketones is 1. The summed E-state index contributed by atoms with van der Waals surface area (Å²) in [5.74, 6) is -0.807. The minimum Gasteiger partial charge on any atom is -0.454 e. The van der Waals surface area contributed by atoms with Crippen molar-refractivity contribution < 1.29 is 14.3 Å². The first-order valence-corrected chi connectivity index (χ1v) is 5.88. The number of carbonyl (C=O) groups excluding carboxylic acids is 2. The molecule has 0 aliphatic rings. The smallest absolute Gasteiger partial charge is 0.339 e. The van der Waals surface area contributed by atoms with Gasteiger partial charge in [-0.25, -0.2) is 4.79 Å². The molecule has 0 saturated heterocycles. The van der Waals surface area contributed by atoms with Gasteiger partial charge in [-0.3, -0.25) is 4.79 Å². The molecule has 0 atom stereocenters. The minimum absolute atomic E-state index is 0.0111. The van der Waals surface area contributed by atoms with Crippen LogP contribution in [0.2, 0.25) is 0 Å². The van der Waals surface area contributed by atoms with E-state index < -0.39 is 5.97 Å². The van der Waals surface area contributed by atoms with Crippen LogP contribution >= 0.6 is 0 Å². The van der Waals surface area contributed by atoms with E-state index in [4.69, 9.17) is 10.1 Å². The lowest BCUT2D eigenvalue weighted by Gasteiger charge is -2.06. The molecule has 2 aromatic rings. The van der Waals surface area contributed by atoms with Crippen molar-refractivity contribution in [3.8, 4) is 0 Å². The molecular formula is C15H13NO3. The highest BCUT2D eigenvalue weighted by atomic mass is 16.5. The number of carbonyl (C=O) groups is 2. The second-order valence-corrected chi connectivity index (χ2v) is 4.05. The highest BCUT2D eigenvalue weighted by Crippen LogP contribution is 2.19. The SMILES string of the molecule is N=CCC(=O)COC(=O)c1cccc2ccccc12. The largest absolute Gasteiger partial charge is 0.454 e. The summed E-state index contributed by atoms with van der Waals surface area (Å²) in [6.07, 6.45) is 0.983. The van der Waals surface area contributed by atoms with Crippen molar-refractivity contribution in [2.24, 2.45) is 0 Å². The van der Waals surface area contributed by atoms with Crippen molar-refractivity contribution in [3.63, 3.8) is 0 Å². The van der Waals surface area contributed by atoms with Gasteiger partial charge in [0.15, 0.2) is 12.4 Å². The van der Waals surface area contributed by atoms with Crippen molar-refractivity contribution in [2.45, 2.75) is 6.42 Å². The van der Waals surface area contributed by atoms with Gasteiger partial charge >= 0.3 is 5.97 Å². The maximum Gasteiger partial charge on any atom is 0.339 e. The second-order valence-electron chi connectivity index (χ2n) is 4.05. The third kappa shape index (κ3) is 3.04. The van der Waals surface area contributed by atoms with Crippen LogP contribution in [0.15, 0.2) is 42.5 Å². The summed E-state index contributed by atoms with van der Waals surface area (Å²) in [6.45, 7) is -0.294. The Morgan fingerprint density at radius 1 is 1.11 bits per heavy atom. The number of ether oxygens (including phenoxy) is 1. The first-order chi connectivity index (χ1) is 9.22. The summed E-state index contributed by atoms with van der Waals surface area (Å²) >= 11 is 0. The van der Waals surface area contributed by atoms with Crippen LogP contribution in [0.25, 0.3) is 10.8 Å². The lowest BCUT2D eigenvalue weighted by atomic mass is 10.1. The first kappa shape index (κ1) is 13.0. The van der Waals surface area contributed by atoms with Gasteiger partial charge in [0.25, 0.3) is 0 Å². The molecule has 0 bridgehead atoms. The van der Waals surface area contributed by atoms with Crippen LogP contribution in [0.5, 0.6) is 0 Å². The summed E-state index contributed by atoms with van der Waals surface area (Å²) in [4.78, 5) is 23.1. The molecule has 0 aliphatic heterocycles. The van der Waals surface area contributed by atoms with E-state index in [0.29, 0.717) is 5.56 Å². The molecule has 0 amide bonds. The molecule has 19 heavy (non-hydrogen) atoms. The Morgan fingerprint density at radius 3 is 2.63 bits per heavy atom. The number of hydrogen-bond donors (Lipinski definition) is 1. The van der Waals surface area contributed by atoms with E-state index in [1.54, 1.807) is 12.1 Å². The Balaban J connectivity index is 2.17. The fraction of sp³-hybridized carbons (Fsp3) is 0.133. The van der Waals surface area contributed by atoms with Gasteiger partial charge in [0.05, 0.1) is 5.56 Å². The molecule has 0 radical (unpaired) electrons. The molecule has 1 N–H and O–H groups in total. The van der Waals surface area contributed by atoms with Gasteiger partial charge in [0.1, 0.15) is 0 Å². The van der Waals surface area contributed by atoms with Crippen LogP contribution in [-0.2, 0) is 9.53 Å². The van der Waals surface area contributed by atoms with Gasteiger partial charge in [-0.15, -0.1) is 0 Å². The molecule has 96 valence electrons. The number of Topliss-reactive ketones (excluding diaryl/α,β-unsaturated/α-hetero) is 1. The van der Waals surface area contributed by atoms with Crippen molar-refractivity contribution in [1.82, 2.24) is 0 Å². The predicted molar refractivity (Wildman–Crippen MR) is 72.6 cm³/mol. The maximum atomic E-state index is 11.9. The van der Waals surface area contributed by atoms with Crippen LogP contribution < -0.4 is 0 Å². The van der Waals surface area contributed by atoms with Crippen molar-refractivity contribution >= 4 is 28.7 Å². The number of esters is 1. The molecule has 0 unspecified atom stereocenters. The van der Waals surface area contributed by atoms with Crippen molar-refractivity contribution in [3.05, 3.63) is 48.0 Å². The number of benzene rings is 2. The monoisotopic (exact) mass is 255 g/mol. The highest BCUT2D eigenvalue weighted by molar-refractivity contribution is 6.05. The molecule has 4 heteroatoms. The van der Waals surface area contributed by atoms with E-state index >= 15 is 0 Å². The van der Waals surface area contributed by atoms with Gasteiger partial charge in [0, 0.05) is 12.6 Å². The second kappa shape index (κ2) is 5.91. The molecule has 0 aliphatic carbocycles. The quantitative estimate of drug-likeness (QED) is 0.659.